The molecule has 2 atom stereocenters. The van der Waals surface area contributed by atoms with Gasteiger partial charge >= 0.3 is 0 Å². The minimum absolute atomic E-state index is 0.326. The fourth-order valence-corrected chi connectivity index (χ4v) is 1.54. The molecule has 1 rings (SSSR count). The maximum Gasteiger partial charge on any atom is 0.0678 e. The van der Waals surface area contributed by atoms with Crippen LogP contribution < -0.4 is 0 Å². The Morgan fingerprint density at radius 2 is 2.00 bits per heavy atom. The summed E-state index contributed by atoms with van der Waals surface area (Å²) >= 11 is 0. The molecule has 0 spiro atoms. The quantitative estimate of drug-likeness (QED) is 0.515. The molecule has 62 valence electrons. The van der Waals surface area contributed by atoms with Gasteiger partial charge in [0.2, 0.25) is 0 Å². The molecular weight excluding hydrogens is 138 g/mol. The number of nitrogens with zero attached hydrogens (tertiary/aromatic N) is 1. The number of ether oxygens (including phenoxy) is 1. The maximum absolute atomic E-state index is 5.55. The molecule has 2 nitrogen and oxygen atoms in total. The first-order chi connectivity index (χ1) is 5.22. The van der Waals surface area contributed by atoms with E-state index in [4.69, 9.17) is 11.2 Å². The Morgan fingerprint density at radius 1 is 1.45 bits per heavy atom. The molecule has 0 amide bonds. The van der Waals surface area contributed by atoms with Crippen molar-refractivity contribution in [2.24, 2.45) is 0 Å². The van der Waals surface area contributed by atoms with Crippen molar-refractivity contribution in [1.29, 1.82) is 0 Å². The van der Waals surface area contributed by atoms with E-state index < -0.39 is 0 Å². The van der Waals surface area contributed by atoms with Gasteiger partial charge in [-0.2, -0.15) is 0 Å². The Labute approximate surface area is 68.5 Å². The van der Waals surface area contributed by atoms with Crippen molar-refractivity contribution in [2.45, 2.75) is 26.1 Å². The largest absolute Gasteiger partial charge is 0.373 e. The molecule has 0 aromatic carbocycles. The summed E-state index contributed by atoms with van der Waals surface area (Å²) in [7, 11) is 0. The van der Waals surface area contributed by atoms with Crippen LogP contribution >= 0.6 is 0 Å². The van der Waals surface area contributed by atoms with E-state index in [0.717, 1.165) is 19.6 Å². The van der Waals surface area contributed by atoms with E-state index >= 15 is 0 Å². The first-order valence-electron chi connectivity index (χ1n) is 4.03. The molecule has 0 aromatic rings. The van der Waals surface area contributed by atoms with Gasteiger partial charge in [0.05, 0.1) is 18.8 Å². The van der Waals surface area contributed by atoms with Crippen molar-refractivity contribution in [3.8, 4) is 12.3 Å². The zero-order valence-electron chi connectivity index (χ0n) is 7.21. The highest BCUT2D eigenvalue weighted by atomic mass is 16.5. The van der Waals surface area contributed by atoms with Crippen LogP contribution in [0.1, 0.15) is 13.8 Å². The second kappa shape index (κ2) is 3.75. The van der Waals surface area contributed by atoms with Gasteiger partial charge in [-0.3, -0.25) is 4.90 Å². The SMILES string of the molecule is C#CCN1CC(C)OC(C)C1. The molecule has 1 fully saturated rings. The van der Waals surface area contributed by atoms with Gasteiger partial charge in [0, 0.05) is 13.1 Å². The van der Waals surface area contributed by atoms with E-state index in [2.05, 4.69) is 24.7 Å². The fraction of sp³-hybridized carbons (Fsp3) is 0.778. The Morgan fingerprint density at radius 3 is 2.45 bits per heavy atom. The molecule has 0 aromatic heterocycles. The minimum Gasteiger partial charge on any atom is -0.373 e. The lowest BCUT2D eigenvalue weighted by Crippen LogP contribution is -2.45. The average molecular weight is 153 g/mol. The predicted octanol–water partition coefficient (Wildman–Crippen LogP) is 0.729. The molecule has 0 bridgehead atoms. The third kappa shape index (κ3) is 2.53. The lowest BCUT2D eigenvalue weighted by Gasteiger charge is -2.33. The number of hydrogen-bond donors (Lipinski definition) is 0. The van der Waals surface area contributed by atoms with Crippen LogP contribution in [0.5, 0.6) is 0 Å². The highest BCUT2D eigenvalue weighted by molar-refractivity contribution is 4.90. The Kier molecular flexibility index (Phi) is 2.92. The van der Waals surface area contributed by atoms with E-state index in [9.17, 15) is 0 Å². The van der Waals surface area contributed by atoms with Crippen LogP contribution in [0.2, 0.25) is 0 Å². The van der Waals surface area contributed by atoms with Gasteiger partial charge in [-0.1, -0.05) is 5.92 Å². The smallest absolute Gasteiger partial charge is 0.0678 e. The monoisotopic (exact) mass is 153 g/mol. The first-order valence-corrected chi connectivity index (χ1v) is 4.03. The standard InChI is InChI=1S/C9H15NO/c1-4-5-10-6-8(2)11-9(3)7-10/h1,8-9H,5-7H2,2-3H3. The lowest BCUT2D eigenvalue weighted by atomic mass is 10.2. The highest BCUT2D eigenvalue weighted by Gasteiger charge is 2.20. The van der Waals surface area contributed by atoms with E-state index in [0.29, 0.717) is 12.2 Å². The van der Waals surface area contributed by atoms with Crippen LogP contribution in [0, 0.1) is 12.3 Å². The van der Waals surface area contributed by atoms with E-state index in [-0.39, 0.29) is 0 Å². The van der Waals surface area contributed by atoms with Crippen molar-refractivity contribution in [2.75, 3.05) is 19.6 Å². The van der Waals surface area contributed by atoms with Gasteiger partial charge in [-0.25, -0.2) is 0 Å². The number of rotatable bonds is 1. The predicted molar refractivity (Wildman–Crippen MR) is 45.3 cm³/mol. The molecule has 0 aliphatic carbocycles. The van der Waals surface area contributed by atoms with Crippen molar-refractivity contribution >= 4 is 0 Å². The molecule has 2 heteroatoms. The maximum atomic E-state index is 5.55. The van der Waals surface area contributed by atoms with Crippen LogP contribution in [0.15, 0.2) is 0 Å². The molecule has 1 aliphatic rings. The van der Waals surface area contributed by atoms with Crippen molar-refractivity contribution in [3.05, 3.63) is 0 Å². The van der Waals surface area contributed by atoms with Gasteiger partial charge in [-0.05, 0) is 13.8 Å². The van der Waals surface area contributed by atoms with Crippen LogP contribution in [0.4, 0.5) is 0 Å². The summed E-state index contributed by atoms with van der Waals surface area (Å²) in [6, 6.07) is 0. The van der Waals surface area contributed by atoms with Crippen LogP contribution in [-0.2, 0) is 4.74 Å². The summed E-state index contributed by atoms with van der Waals surface area (Å²) in [5.74, 6) is 2.65. The van der Waals surface area contributed by atoms with Gasteiger partial charge in [0.25, 0.3) is 0 Å². The van der Waals surface area contributed by atoms with Crippen LogP contribution in [0.3, 0.4) is 0 Å². The Balaban J connectivity index is 2.38. The summed E-state index contributed by atoms with van der Waals surface area (Å²) in [4.78, 5) is 2.25. The van der Waals surface area contributed by atoms with Gasteiger partial charge in [-0.15, -0.1) is 6.42 Å². The van der Waals surface area contributed by atoms with Gasteiger partial charge in [0.15, 0.2) is 0 Å². The van der Waals surface area contributed by atoms with Gasteiger partial charge < -0.3 is 4.74 Å². The average Bonchev–Trinajstić information content (AvgIpc) is 1.85. The fourth-order valence-electron chi connectivity index (χ4n) is 1.54. The second-order valence-corrected chi connectivity index (χ2v) is 3.16. The highest BCUT2D eigenvalue weighted by Crippen LogP contribution is 2.09. The van der Waals surface area contributed by atoms with Crippen LogP contribution in [-0.4, -0.2) is 36.7 Å². The summed E-state index contributed by atoms with van der Waals surface area (Å²) in [6.45, 7) is 6.85. The molecule has 0 radical (unpaired) electrons. The van der Waals surface area contributed by atoms with E-state index in [1.165, 1.54) is 0 Å². The number of hydrogen-bond acceptors (Lipinski definition) is 2. The third-order valence-electron chi connectivity index (χ3n) is 1.81. The van der Waals surface area contributed by atoms with Crippen molar-refractivity contribution in [3.63, 3.8) is 0 Å². The second-order valence-electron chi connectivity index (χ2n) is 3.16. The summed E-state index contributed by atoms with van der Waals surface area (Å²) < 4.78 is 5.55. The van der Waals surface area contributed by atoms with Gasteiger partial charge in [0.1, 0.15) is 0 Å². The molecular formula is C9H15NO. The summed E-state index contributed by atoms with van der Waals surface area (Å²) in [5.41, 5.74) is 0. The molecule has 0 saturated carbocycles. The van der Waals surface area contributed by atoms with E-state index in [1.54, 1.807) is 0 Å². The summed E-state index contributed by atoms with van der Waals surface area (Å²) in [5, 5.41) is 0. The normalized spacial score (nSPS) is 33.2. The van der Waals surface area contributed by atoms with Crippen molar-refractivity contribution < 1.29 is 4.74 Å². The zero-order valence-corrected chi connectivity index (χ0v) is 7.21. The Hall–Kier alpha value is -0.520. The lowest BCUT2D eigenvalue weighted by molar-refractivity contribution is -0.0640. The molecule has 2 unspecified atom stereocenters. The molecule has 11 heavy (non-hydrogen) atoms. The summed E-state index contributed by atoms with van der Waals surface area (Å²) in [6.07, 6.45) is 5.87. The molecule has 1 heterocycles. The minimum atomic E-state index is 0.326. The molecule has 0 N–H and O–H groups in total. The van der Waals surface area contributed by atoms with E-state index in [1.807, 2.05) is 0 Å². The number of terminal acetylenes is 1. The third-order valence-corrected chi connectivity index (χ3v) is 1.81. The zero-order chi connectivity index (χ0) is 8.27. The first kappa shape index (κ1) is 8.58. The van der Waals surface area contributed by atoms with Crippen LogP contribution in [0.25, 0.3) is 0 Å². The number of morpholine rings is 1. The molecule has 1 saturated heterocycles. The Bertz CT molecular complexity index is 151. The topological polar surface area (TPSA) is 12.5 Å². The van der Waals surface area contributed by atoms with Crippen molar-refractivity contribution in [1.82, 2.24) is 4.90 Å². The molecule has 1 aliphatic heterocycles.